The third-order valence-corrected chi connectivity index (χ3v) is 3.37. The van der Waals surface area contributed by atoms with Crippen LogP contribution in [0.5, 0.6) is 0 Å². The number of thiocarbonyl (C=S) groups is 1. The van der Waals surface area contributed by atoms with E-state index in [-0.39, 0.29) is 0 Å². The topological polar surface area (TPSA) is 50.5 Å². The molecule has 0 fully saturated rings. The highest BCUT2D eigenvalue weighted by atomic mass is 79.9. The monoisotopic (exact) mass is 345 g/mol. The average molecular weight is 346 g/mol. The van der Waals surface area contributed by atoms with E-state index in [0.717, 1.165) is 35.4 Å². The molecule has 0 amide bonds. The molecule has 0 saturated heterocycles. The van der Waals surface area contributed by atoms with Gasteiger partial charge < -0.3 is 20.7 Å². The molecular formula is C13H20BrN3OS. The Morgan fingerprint density at radius 3 is 2.74 bits per heavy atom. The van der Waals surface area contributed by atoms with Crippen molar-refractivity contribution >= 4 is 38.8 Å². The maximum absolute atomic E-state index is 5.60. The lowest BCUT2D eigenvalue weighted by Gasteiger charge is -2.11. The first-order valence-corrected chi connectivity index (χ1v) is 7.26. The second-order valence-corrected chi connectivity index (χ2v) is 5.70. The van der Waals surface area contributed by atoms with Crippen molar-refractivity contribution in [3.05, 3.63) is 28.2 Å². The lowest BCUT2D eigenvalue weighted by molar-refractivity contribution is 0.126. The molecule has 0 saturated carbocycles. The van der Waals surface area contributed by atoms with Gasteiger partial charge in [0.15, 0.2) is 0 Å². The van der Waals surface area contributed by atoms with Crippen LogP contribution in [0, 0.1) is 0 Å². The summed E-state index contributed by atoms with van der Waals surface area (Å²) in [6, 6.07) is 5.83. The molecule has 0 aliphatic rings. The molecule has 0 bridgehead atoms. The van der Waals surface area contributed by atoms with E-state index in [2.05, 4.69) is 26.1 Å². The number of ether oxygens (including phenoxy) is 1. The predicted octanol–water partition coefficient (Wildman–Crippen LogP) is 2.07. The van der Waals surface area contributed by atoms with Crippen LogP contribution in [0.4, 0.5) is 5.69 Å². The summed E-state index contributed by atoms with van der Waals surface area (Å²) in [7, 11) is 4.06. The van der Waals surface area contributed by atoms with Crippen LogP contribution in [0.15, 0.2) is 22.7 Å². The van der Waals surface area contributed by atoms with E-state index in [0.29, 0.717) is 11.6 Å². The van der Waals surface area contributed by atoms with Crippen molar-refractivity contribution in [3.8, 4) is 0 Å². The van der Waals surface area contributed by atoms with Gasteiger partial charge in [-0.3, -0.25) is 0 Å². The van der Waals surface area contributed by atoms with Crippen molar-refractivity contribution in [1.29, 1.82) is 0 Å². The molecule has 0 unspecified atom stereocenters. The van der Waals surface area contributed by atoms with Crippen LogP contribution >= 0.6 is 28.1 Å². The van der Waals surface area contributed by atoms with Crippen LogP contribution in [-0.4, -0.2) is 50.3 Å². The largest absolute Gasteiger partial charge is 0.389 e. The van der Waals surface area contributed by atoms with E-state index in [4.69, 9.17) is 22.7 Å². The number of benzene rings is 1. The molecular weight excluding hydrogens is 326 g/mol. The van der Waals surface area contributed by atoms with Gasteiger partial charge in [-0.2, -0.15) is 0 Å². The molecule has 4 nitrogen and oxygen atoms in total. The summed E-state index contributed by atoms with van der Waals surface area (Å²) in [5, 5.41) is 3.29. The number of nitrogens with two attached hydrogens (primary N) is 1. The van der Waals surface area contributed by atoms with Gasteiger partial charge in [0.1, 0.15) is 4.99 Å². The molecule has 0 atom stereocenters. The van der Waals surface area contributed by atoms with Crippen molar-refractivity contribution in [2.75, 3.05) is 45.7 Å². The molecule has 1 rings (SSSR count). The Balaban J connectivity index is 2.30. The van der Waals surface area contributed by atoms with E-state index >= 15 is 0 Å². The van der Waals surface area contributed by atoms with Gasteiger partial charge in [-0.1, -0.05) is 12.2 Å². The fraction of sp³-hybridized carbons (Fsp3) is 0.462. The van der Waals surface area contributed by atoms with Gasteiger partial charge in [0.05, 0.1) is 13.2 Å². The van der Waals surface area contributed by atoms with Crippen LogP contribution < -0.4 is 11.1 Å². The van der Waals surface area contributed by atoms with Gasteiger partial charge >= 0.3 is 0 Å². The number of rotatable bonds is 8. The summed E-state index contributed by atoms with van der Waals surface area (Å²) in [5.74, 6) is 0. The fourth-order valence-corrected chi connectivity index (χ4v) is 2.34. The lowest BCUT2D eigenvalue weighted by Crippen LogP contribution is -2.20. The van der Waals surface area contributed by atoms with Crippen molar-refractivity contribution in [3.63, 3.8) is 0 Å². The van der Waals surface area contributed by atoms with Crippen LogP contribution in [-0.2, 0) is 4.74 Å². The summed E-state index contributed by atoms with van der Waals surface area (Å²) in [4.78, 5) is 2.49. The number of hydrogen-bond acceptors (Lipinski definition) is 4. The van der Waals surface area contributed by atoms with Gasteiger partial charge in [-0.05, 0) is 48.2 Å². The lowest BCUT2D eigenvalue weighted by atomic mass is 10.2. The fourth-order valence-electron chi connectivity index (χ4n) is 1.44. The molecule has 0 heterocycles. The molecule has 0 aliphatic carbocycles. The second-order valence-electron chi connectivity index (χ2n) is 4.40. The van der Waals surface area contributed by atoms with Crippen molar-refractivity contribution in [1.82, 2.24) is 4.90 Å². The molecule has 3 N–H and O–H groups in total. The van der Waals surface area contributed by atoms with E-state index in [1.165, 1.54) is 0 Å². The minimum atomic E-state index is 0.394. The van der Waals surface area contributed by atoms with Gasteiger partial charge in [0.25, 0.3) is 0 Å². The number of halogens is 1. The highest BCUT2D eigenvalue weighted by molar-refractivity contribution is 9.10. The predicted molar refractivity (Wildman–Crippen MR) is 87.9 cm³/mol. The Kier molecular flexibility index (Phi) is 7.30. The van der Waals surface area contributed by atoms with Gasteiger partial charge in [0.2, 0.25) is 0 Å². The average Bonchev–Trinajstić information content (AvgIpc) is 2.32. The number of nitrogens with zero attached hydrogens (tertiary/aromatic N) is 1. The van der Waals surface area contributed by atoms with E-state index in [9.17, 15) is 0 Å². The summed E-state index contributed by atoms with van der Waals surface area (Å²) >= 11 is 8.41. The molecule has 0 aliphatic heterocycles. The maximum atomic E-state index is 5.60. The molecule has 0 aromatic heterocycles. The summed E-state index contributed by atoms with van der Waals surface area (Å²) in [5.41, 5.74) is 7.47. The summed E-state index contributed by atoms with van der Waals surface area (Å²) < 4.78 is 6.40. The Morgan fingerprint density at radius 1 is 1.42 bits per heavy atom. The Hall–Kier alpha value is -0.690. The first-order valence-electron chi connectivity index (χ1n) is 6.06. The van der Waals surface area contributed by atoms with Crippen molar-refractivity contribution < 1.29 is 4.74 Å². The zero-order chi connectivity index (χ0) is 14.3. The summed E-state index contributed by atoms with van der Waals surface area (Å²) in [6.45, 7) is 3.14. The van der Waals surface area contributed by atoms with E-state index in [1.807, 2.05) is 32.3 Å². The molecule has 6 heteroatoms. The van der Waals surface area contributed by atoms with Crippen LogP contribution in [0.3, 0.4) is 0 Å². The Morgan fingerprint density at radius 2 is 2.16 bits per heavy atom. The van der Waals surface area contributed by atoms with Crippen molar-refractivity contribution in [2.24, 2.45) is 5.73 Å². The zero-order valence-electron chi connectivity index (χ0n) is 11.3. The highest BCUT2D eigenvalue weighted by Gasteiger charge is 2.03. The van der Waals surface area contributed by atoms with E-state index < -0.39 is 0 Å². The quantitative estimate of drug-likeness (QED) is 0.558. The molecule has 0 radical (unpaired) electrons. The third-order valence-electron chi connectivity index (χ3n) is 2.49. The van der Waals surface area contributed by atoms with Crippen LogP contribution in [0.1, 0.15) is 5.56 Å². The number of anilines is 1. The summed E-state index contributed by atoms with van der Waals surface area (Å²) in [6.07, 6.45) is 0. The first-order chi connectivity index (χ1) is 9.00. The highest BCUT2D eigenvalue weighted by Crippen LogP contribution is 2.21. The Bertz CT molecular complexity index is 426. The zero-order valence-corrected chi connectivity index (χ0v) is 13.7. The van der Waals surface area contributed by atoms with Gasteiger partial charge in [-0.15, -0.1) is 0 Å². The minimum Gasteiger partial charge on any atom is -0.389 e. The normalized spacial score (nSPS) is 10.7. The first kappa shape index (κ1) is 16.4. The van der Waals surface area contributed by atoms with E-state index in [1.54, 1.807) is 0 Å². The molecule has 1 aromatic rings. The Labute approximate surface area is 128 Å². The number of likely N-dealkylation sites (N-methyl/N-ethyl adjacent to an activating group) is 1. The minimum absolute atomic E-state index is 0.394. The number of hydrogen-bond donors (Lipinski definition) is 2. The van der Waals surface area contributed by atoms with Gasteiger partial charge in [-0.25, -0.2) is 0 Å². The van der Waals surface area contributed by atoms with Crippen molar-refractivity contribution in [2.45, 2.75) is 0 Å². The standard InChI is InChI=1S/C13H20BrN3OS/c1-17(2)6-8-18-7-5-16-10-3-4-11(13(15)19)12(14)9-10/h3-4,9,16H,5-8H2,1-2H3,(H2,15,19). The SMILES string of the molecule is CN(C)CCOCCNc1ccc(C(N)=S)c(Br)c1. The molecule has 19 heavy (non-hydrogen) atoms. The molecule has 0 spiro atoms. The molecule has 1 aromatic carbocycles. The second kappa shape index (κ2) is 8.47. The smallest absolute Gasteiger partial charge is 0.105 e. The number of nitrogens with one attached hydrogen (secondary N) is 1. The van der Waals surface area contributed by atoms with Gasteiger partial charge in [0, 0.05) is 28.8 Å². The maximum Gasteiger partial charge on any atom is 0.105 e. The van der Waals surface area contributed by atoms with Crippen LogP contribution in [0.2, 0.25) is 0 Å². The third kappa shape index (κ3) is 6.33. The van der Waals surface area contributed by atoms with Crippen LogP contribution in [0.25, 0.3) is 0 Å². The molecule has 106 valence electrons.